The van der Waals surface area contributed by atoms with Crippen LogP contribution in [0, 0.1) is 0 Å². The average molecular weight is 334 g/mol. The van der Waals surface area contributed by atoms with Crippen molar-refractivity contribution in [2.75, 3.05) is 20.2 Å². The van der Waals surface area contributed by atoms with E-state index in [1.807, 2.05) is 68.4 Å². The fraction of sp³-hybridized carbons (Fsp3) is 0.238. The Morgan fingerprint density at radius 2 is 1.72 bits per heavy atom. The van der Waals surface area contributed by atoms with Gasteiger partial charge in [-0.25, -0.2) is 4.98 Å². The van der Waals surface area contributed by atoms with Crippen molar-refractivity contribution in [1.82, 2.24) is 9.88 Å². The summed E-state index contributed by atoms with van der Waals surface area (Å²) in [5, 5.41) is 1.03. The number of fused-ring (bicyclic) bond motifs is 1. The SMILES string of the molecule is CCN(CC)C(=O)c1cc(-c2ccc(OC)cc2)c2ccccc2n1. The van der Waals surface area contributed by atoms with Gasteiger partial charge in [0.25, 0.3) is 5.91 Å². The molecule has 2 aromatic carbocycles. The summed E-state index contributed by atoms with van der Waals surface area (Å²) in [6.07, 6.45) is 0. The molecule has 0 aliphatic carbocycles. The van der Waals surface area contributed by atoms with E-state index in [2.05, 4.69) is 4.98 Å². The Morgan fingerprint density at radius 3 is 2.36 bits per heavy atom. The normalized spacial score (nSPS) is 10.7. The van der Waals surface area contributed by atoms with E-state index in [1.54, 1.807) is 12.0 Å². The molecule has 1 aromatic heterocycles. The first-order valence-corrected chi connectivity index (χ1v) is 8.51. The van der Waals surface area contributed by atoms with Gasteiger partial charge in [0.1, 0.15) is 11.4 Å². The maximum Gasteiger partial charge on any atom is 0.272 e. The predicted molar refractivity (Wildman–Crippen MR) is 101 cm³/mol. The zero-order chi connectivity index (χ0) is 17.8. The minimum Gasteiger partial charge on any atom is -0.497 e. The lowest BCUT2D eigenvalue weighted by molar-refractivity contribution is 0.0767. The van der Waals surface area contributed by atoms with Crippen LogP contribution in [0.2, 0.25) is 0 Å². The molecule has 0 aliphatic rings. The summed E-state index contributed by atoms with van der Waals surface area (Å²) in [5.74, 6) is 0.770. The van der Waals surface area contributed by atoms with Gasteiger partial charge < -0.3 is 9.64 Å². The second-order valence-corrected chi connectivity index (χ2v) is 5.78. The van der Waals surface area contributed by atoms with Gasteiger partial charge in [-0.05, 0) is 49.2 Å². The molecule has 0 N–H and O–H groups in total. The lowest BCUT2D eigenvalue weighted by Crippen LogP contribution is -2.31. The average Bonchev–Trinajstić information content (AvgIpc) is 2.68. The molecule has 0 fully saturated rings. The number of pyridine rings is 1. The summed E-state index contributed by atoms with van der Waals surface area (Å²) in [7, 11) is 1.65. The molecule has 0 aliphatic heterocycles. The third-order valence-corrected chi connectivity index (χ3v) is 4.39. The van der Waals surface area contributed by atoms with Crippen LogP contribution in [-0.4, -0.2) is 36.0 Å². The van der Waals surface area contributed by atoms with Crippen molar-refractivity contribution >= 4 is 16.8 Å². The largest absolute Gasteiger partial charge is 0.497 e. The number of benzene rings is 2. The van der Waals surface area contributed by atoms with Crippen LogP contribution in [-0.2, 0) is 0 Å². The standard InChI is InChI=1S/C21H22N2O2/c1-4-23(5-2)21(24)20-14-18(15-10-12-16(25-3)13-11-15)17-8-6-7-9-19(17)22-20/h6-14H,4-5H2,1-3H3. The first kappa shape index (κ1) is 17.0. The molecule has 0 spiro atoms. The Kier molecular flexibility index (Phi) is 4.98. The number of amides is 1. The van der Waals surface area contributed by atoms with E-state index >= 15 is 0 Å². The van der Waals surface area contributed by atoms with Crippen LogP contribution in [0.3, 0.4) is 0 Å². The third kappa shape index (κ3) is 3.33. The Bertz CT molecular complexity index is 884. The zero-order valence-corrected chi connectivity index (χ0v) is 14.8. The molecular formula is C21H22N2O2. The Morgan fingerprint density at radius 1 is 1.04 bits per heavy atom. The van der Waals surface area contributed by atoms with Crippen molar-refractivity contribution in [3.05, 3.63) is 60.3 Å². The molecular weight excluding hydrogens is 312 g/mol. The molecule has 25 heavy (non-hydrogen) atoms. The molecule has 3 rings (SSSR count). The molecule has 4 nitrogen and oxygen atoms in total. The van der Waals surface area contributed by atoms with E-state index in [4.69, 9.17) is 4.74 Å². The molecule has 1 heterocycles. The molecule has 4 heteroatoms. The van der Waals surface area contributed by atoms with Gasteiger partial charge in [0, 0.05) is 18.5 Å². The molecule has 0 bridgehead atoms. The summed E-state index contributed by atoms with van der Waals surface area (Å²) >= 11 is 0. The van der Waals surface area contributed by atoms with Crippen molar-refractivity contribution < 1.29 is 9.53 Å². The highest BCUT2D eigenvalue weighted by molar-refractivity contribution is 6.01. The molecule has 0 atom stereocenters. The fourth-order valence-electron chi connectivity index (χ4n) is 2.97. The number of methoxy groups -OCH3 is 1. The minimum atomic E-state index is -0.0366. The van der Waals surface area contributed by atoms with E-state index in [1.165, 1.54) is 0 Å². The van der Waals surface area contributed by atoms with Crippen molar-refractivity contribution in [2.24, 2.45) is 0 Å². The van der Waals surface area contributed by atoms with Gasteiger partial charge in [0.2, 0.25) is 0 Å². The van der Waals surface area contributed by atoms with Crippen LogP contribution in [0.15, 0.2) is 54.6 Å². The molecule has 0 radical (unpaired) electrons. The van der Waals surface area contributed by atoms with Crippen LogP contribution >= 0.6 is 0 Å². The number of rotatable bonds is 5. The maximum atomic E-state index is 12.8. The predicted octanol–water partition coefficient (Wildman–Crippen LogP) is 4.39. The van der Waals surface area contributed by atoms with E-state index in [9.17, 15) is 4.79 Å². The third-order valence-electron chi connectivity index (χ3n) is 4.39. The number of ether oxygens (including phenoxy) is 1. The Labute approximate surface area is 148 Å². The van der Waals surface area contributed by atoms with Crippen molar-refractivity contribution in [3.8, 4) is 16.9 Å². The number of hydrogen-bond donors (Lipinski definition) is 0. The number of aromatic nitrogens is 1. The number of nitrogens with zero attached hydrogens (tertiary/aromatic N) is 2. The Hall–Kier alpha value is -2.88. The van der Waals surface area contributed by atoms with Gasteiger partial charge in [-0.15, -0.1) is 0 Å². The van der Waals surface area contributed by atoms with Crippen LogP contribution in [0.5, 0.6) is 5.75 Å². The highest BCUT2D eigenvalue weighted by atomic mass is 16.5. The van der Waals surface area contributed by atoms with E-state index in [0.717, 1.165) is 27.8 Å². The summed E-state index contributed by atoms with van der Waals surface area (Å²) < 4.78 is 5.24. The van der Waals surface area contributed by atoms with Crippen molar-refractivity contribution in [3.63, 3.8) is 0 Å². The van der Waals surface area contributed by atoms with Crippen LogP contribution < -0.4 is 4.74 Å². The summed E-state index contributed by atoms with van der Waals surface area (Å²) in [5.41, 5.74) is 3.34. The minimum absolute atomic E-state index is 0.0366. The Balaban J connectivity index is 2.17. The second kappa shape index (κ2) is 7.34. The molecule has 1 amide bonds. The smallest absolute Gasteiger partial charge is 0.272 e. The first-order valence-electron chi connectivity index (χ1n) is 8.51. The van der Waals surface area contributed by atoms with Gasteiger partial charge in [-0.1, -0.05) is 30.3 Å². The first-order chi connectivity index (χ1) is 12.2. The lowest BCUT2D eigenvalue weighted by Gasteiger charge is -2.19. The van der Waals surface area contributed by atoms with Crippen molar-refractivity contribution in [1.29, 1.82) is 0 Å². The topological polar surface area (TPSA) is 42.4 Å². The van der Waals surface area contributed by atoms with Crippen LogP contribution in [0.1, 0.15) is 24.3 Å². The molecule has 0 saturated heterocycles. The monoisotopic (exact) mass is 334 g/mol. The van der Waals surface area contributed by atoms with Crippen LogP contribution in [0.4, 0.5) is 0 Å². The second-order valence-electron chi connectivity index (χ2n) is 5.78. The maximum absolute atomic E-state index is 12.8. The summed E-state index contributed by atoms with van der Waals surface area (Å²) in [6, 6.07) is 17.7. The number of carbonyl (C=O) groups is 1. The highest BCUT2D eigenvalue weighted by Crippen LogP contribution is 2.30. The number of carbonyl (C=O) groups excluding carboxylic acids is 1. The van der Waals surface area contributed by atoms with Gasteiger partial charge in [0.15, 0.2) is 0 Å². The van der Waals surface area contributed by atoms with Gasteiger partial charge in [-0.3, -0.25) is 4.79 Å². The van der Waals surface area contributed by atoms with Crippen LogP contribution in [0.25, 0.3) is 22.0 Å². The van der Waals surface area contributed by atoms with Gasteiger partial charge in [-0.2, -0.15) is 0 Å². The van der Waals surface area contributed by atoms with Gasteiger partial charge in [0.05, 0.1) is 12.6 Å². The number of para-hydroxylation sites is 1. The quantitative estimate of drug-likeness (QED) is 0.695. The lowest BCUT2D eigenvalue weighted by atomic mass is 9.99. The molecule has 0 saturated carbocycles. The zero-order valence-electron chi connectivity index (χ0n) is 14.8. The summed E-state index contributed by atoms with van der Waals surface area (Å²) in [4.78, 5) is 19.2. The van der Waals surface area contributed by atoms with E-state index < -0.39 is 0 Å². The van der Waals surface area contributed by atoms with E-state index in [-0.39, 0.29) is 5.91 Å². The molecule has 3 aromatic rings. The number of hydrogen-bond acceptors (Lipinski definition) is 3. The van der Waals surface area contributed by atoms with Gasteiger partial charge >= 0.3 is 0 Å². The van der Waals surface area contributed by atoms with E-state index in [0.29, 0.717) is 18.8 Å². The molecule has 128 valence electrons. The highest BCUT2D eigenvalue weighted by Gasteiger charge is 2.17. The van der Waals surface area contributed by atoms with Crippen molar-refractivity contribution in [2.45, 2.75) is 13.8 Å². The fourth-order valence-corrected chi connectivity index (χ4v) is 2.97. The molecule has 0 unspecified atom stereocenters. The summed E-state index contributed by atoms with van der Waals surface area (Å²) in [6.45, 7) is 5.29.